The molecule has 0 saturated carbocycles. The van der Waals surface area contributed by atoms with Crippen molar-refractivity contribution >= 4 is 5.91 Å². The van der Waals surface area contributed by atoms with Crippen LogP contribution in [0, 0.1) is 0 Å². The molecule has 0 aromatic heterocycles. The van der Waals surface area contributed by atoms with Crippen LogP contribution in [0.3, 0.4) is 0 Å². The fourth-order valence-electron chi connectivity index (χ4n) is 7.11. The second-order valence-electron chi connectivity index (χ2n) is 15.8. The average molecular weight is 768 g/mol. The molecule has 0 spiro atoms. The number of ether oxygens (including phenoxy) is 2. The number of allylic oxidation sites excluding steroid dienone is 3. The average Bonchev–Trinajstić information content (AvgIpc) is 3.17. The van der Waals surface area contributed by atoms with Crippen molar-refractivity contribution in [2.45, 2.75) is 243 Å². The van der Waals surface area contributed by atoms with Gasteiger partial charge in [0.25, 0.3) is 0 Å². The van der Waals surface area contributed by atoms with Gasteiger partial charge >= 0.3 is 0 Å². The number of nitrogens with one attached hydrogen (secondary N) is 1. The molecule has 0 radical (unpaired) electrons. The standard InChI is InChI=1S/C45H85NO8/c1-3-5-7-9-11-13-15-16-17-18-19-20-21-22-23-25-27-29-31-33-35-41(49)46-38(37-53-45-44(52)43(51)42(50)40(36-47)54-45)39(48)34-32-30-28-26-24-14-12-10-8-6-4-2/h24,26,32,34,38-40,42-45,47-48,50-52H,3-23,25,27-31,33,35-37H2,1-2H3,(H,46,49)/b26-24+,34-32+/t38-,39+,40-,42-,43?,44?,45-/m0/s1. The summed E-state index contributed by atoms with van der Waals surface area (Å²) in [6, 6.07) is -0.815. The summed E-state index contributed by atoms with van der Waals surface area (Å²) in [7, 11) is 0. The Morgan fingerprint density at radius 2 is 1.06 bits per heavy atom. The minimum absolute atomic E-state index is 0.186. The quantitative estimate of drug-likeness (QED) is 0.0271. The molecule has 54 heavy (non-hydrogen) atoms. The van der Waals surface area contributed by atoms with E-state index in [1.807, 2.05) is 6.08 Å². The van der Waals surface area contributed by atoms with Crippen molar-refractivity contribution in [2.75, 3.05) is 13.2 Å². The Kier molecular flexibility index (Phi) is 33.8. The normalized spacial score (nSPS) is 21.6. The first kappa shape index (κ1) is 50.7. The number of rotatable bonds is 37. The minimum Gasteiger partial charge on any atom is -0.394 e. The molecule has 1 heterocycles. The maximum absolute atomic E-state index is 12.9. The molecule has 1 fully saturated rings. The van der Waals surface area contributed by atoms with Crippen LogP contribution in [-0.2, 0) is 14.3 Å². The van der Waals surface area contributed by atoms with Crippen molar-refractivity contribution in [2.24, 2.45) is 0 Å². The molecule has 1 rings (SSSR count). The number of aliphatic hydroxyl groups is 5. The van der Waals surface area contributed by atoms with Crippen molar-refractivity contribution in [3.63, 3.8) is 0 Å². The van der Waals surface area contributed by atoms with Crippen molar-refractivity contribution in [3.05, 3.63) is 24.3 Å². The first-order valence-corrected chi connectivity index (χ1v) is 22.6. The Morgan fingerprint density at radius 1 is 0.611 bits per heavy atom. The molecule has 318 valence electrons. The molecule has 0 aromatic carbocycles. The molecule has 7 atom stereocenters. The number of aliphatic hydroxyl groups excluding tert-OH is 5. The molecule has 1 saturated heterocycles. The molecular formula is C45H85NO8. The Morgan fingerprint density at radius 3 is 1.56 bits per heavy atom. The molecule has 9 heteroatoms. The van der Waals surface area contributed by atoms with Crippen LogP contribution >= 0.6 is 0 Å². The van der Waals surface area contributed by atoms with Gasteiger partial charge < -0.3 is 40.3 Å². The Balaban J connectivity index is 2.31. The summed E-state index contributed by atoms with van der Waals surface area (Å²) >= 11 is 0. The summed E-state index contributed by atoms with van der Waals surface area (Å²) in [5.41, 5.74) is 0. The lowest BCUT2D eigenvalue weighted by Crippen LogP contribution is -2.60. The van der Waals surface area contributed by atoms with Gasteiger partial charge in [0.1, 0.15) is 24.4 Å². The van der Waals surface area contributed by atoms with Crippen molar-refractivity contribution in [1.29, 1.82) is 0 Å². The highest BCUT2D eigenvalue weighted by Crippen LogP contribution is 2.22. The summed E-state index contributed by atoms with van der Waals surface area (Å²) in [6.07, 6.45) is 35.2. The zero-order valence-corrected chi connectivity index (χ0v) is 34.7. The van der Waals surface area contributed by atoms with Gasteiger partial charge in [-0.15, -0.1) is 0 Å². The monoisotopic (exact) mass is 768 g/mol. The van der Waals surface area contributed by atoms with E-state index in [4.69, 9.17) is 9.47 Å². The lowest BCUT2D eigenvalue weighted by molar-refractivity contribution is -0.302. The Bertz CT molecular complexity index is 899. The molecule has 0 aromatic rings. The van der Waals surface area contributed by atoms with E-state index in [1.165, 1.54) is 141 Å². The van der Waals surface area contributed by atoms with Gasteiger partial charge in [-0.1, -0.05) is 186 Å². The van der Waals surface area contributed by atoms with Crippen LogP contribution in [0.5, 0.6) is 0 Å². The molecule has 1 amide bonds. The first-order chi connectivity index (χ1) is 26.3. The molecular weight excluding hydrogens is 682 g/mol. The van der Waals surface area contributed by atoms with Crippen LogP contribution in [0.2, 0.25) is 0 Å². The molecule has 1 aliphatic rings. The SMILES string of the molecule is CCCCCCC/C=C/CC/C=C/[C@@H](O)[C@H](CO[C@H]1O[C@@H](CO)[C@H](O)C(O)C1O)NC(=O)CCCCCCCCCCCCCCCCCCCCCC. The van der Waals surface area contributed by atoms with Gasteiger partial charge in [0.05, 0.1) is 25.4 Å². The number of amides is 1. The second kappa shape index (κ2) is 36.0. The van der Waals surface area contributed by atoms with E-state index in [0.717, 1.165) is 38.5 Å². The second-order valence-corrected chi connectivity index (χ2v) is 15.8. The van der Waals surface area contributed by atoms with Gasteiger partial charge in [-0.2, -0.15) is 0 Å². The van der Waals surface area contributed by atoms with Crippen LogP contribution in [0.4, 0.5) is 0 Å². The lowest BCUT2D eigenvalue weighted by atomic mass is 9.99. The van der Waals surface area contributed by atoms with E-state index < -0.39 is 49.5 Å². The fourth-order valence-corrected chi connectivity index (χ4v) is 7.11. The van der Waals surface area contributed by atoms with Crippen LogP contribution < -0.4 is 5.32 Å². The van der Waals surface area contributed by atoms with Crippen LogP contribution in [0.25, 0.3) is 0 Å². The number of carbonyl (C=O) groups excluding carboxylic acids is 1. The van der Waals surface area contributed by atoms with E-state index in [0.29, 0.717) is 6.42 Å². The third-order valence-electron chi connectivity index (χ3n) is 10.8. The van der Waals surface area contributed by atoms with Gasteiger partial charge in [-0.25, -0.2) is 0 Å². The van der Waals surface area contributed by atoms with Crippen LogP contribution in [-0.4, -0.2) is 87.5 Å². The largest absolute Gasteiger partial charge is 0.394 e. The molecule has 6 N–H and O–H groups in total. The molecule has 0 aliphatic carbocycles. The molecule has 2 unspecified atom stereocenters. The Hall–Kier alpha value is -1.33. The van der Waals surface area contributed by atoms with Crippen LogP contribution in [0.1, 0.15) is 200 Å². The number of unbranched alkanes of at least 4 members (excludes halogenated alkanes) is 25. The lowest BCUT2D eigenvalue weighted by Gasteiger charge is -2.40. The summed E-state index contributed by atoms with van der Waals surface area (Å²) in [4.78, 5) is 12.9. The zero-order chi connectivity index (χ0) is 39.5. The maximum atomic E-state index is 12.9. The van der Waals surface area contributed by atoms with E-state index in [1.54, 1.807) is 6.08 Å². The molecule has 0 bridgehead atoms. The third kappa shape index (κ3) is 26.5. The van der Waals surface area contributed by atoms with Crippen molar-refractivity contribution in [1.82, 2.24) is 5.32 Å². The molecule has 9 nitrogen and oxygen atoms in total. The van der Waals surface area contributed by atoms with Crippen molar-refractivity contribution in [3.8, 4) is 0 Å². The summed E-state index contributed by atoms with van der Waals surface area (Å²) in [6.45, 7) is 3.73. The highest BCUT2D eigenvalue weighted by atomic mass is 16.7. The highest BCUT2D eigenvalue weighted by molar-refractivity contribution is 5.76. The topological polar surface area (TPSA) is 149 Å². The van der Waals surface area contributed by atoms with Crippen molar-refractivity contribution < 1.29 is 39.8 Å². The predicted octanol–water partition coefficient (Wildman–Crippen LogP) is 9.11. The number of hydrogen-bond acceptors (Lipinski definition) is 8. The van der Waals surface area contributed by atoms with E-state index in [-0.39, 0.29) is 12.5 Å². The number of hydrogen-bond donors (Lipinski definition) is 6. The first-order valence-electron chi connectivity index (χ1n) is 22.6. The van der Waals surface area contributed by atoms with E-state index in [2.05, 4.69) is 31.3 Å². The smallest absolute Gasteiger partial charge is 0.220 e. The van der Waals surface area contributed by atoms with Crippen LogP contribution in [0.15, 0.2) is 24.3 Å². The summed E-state index contributed by atoms with van der Waals surface area (Å²) in [5.74, 6) is -0.186. The minimum atomic E-state index is -1.57. The Labute approximate surface area is 330 Å². The zero-order valence-electron chi connectivity index (χ0n) is 34.7. The summed E-state index contributed by atoms with van der Waals surface area (Å²) < 4.78 is 11.2. The predicted molar refractivity (Wildman–Crippen MR) is 221 cm³/mol. The van der Waals surface area contributed by atoms with Gasteiger partial charge in [-0.05, 0) is 32.1 Å². The van der Waals surface area contributed by atoms with Gasteiger partial charge in [0, 0.05) is 6.42 Å². The molecule has 1 aliphatic heterocycles. The van der Waals surface area contributed by atoms with E-state index in [9.17, 15) is 30.3 Å². The van der Waals surface area contributed by atoms with Gasteiger partial charge in [0.2, 0.25) is 5.91 Å². The van der Waals surface area contributed by atoms with E-state index >= 15 is 0 Å². The van der Waals surface area contributed by atoms with Gasteiger partial charge in [-0.3, -0.25) is 4.79 Å². The van der Waals surface area contributed by atoms with Gasteiger partial charge in [0.15, 0.2) is 6.29 Å². The maximum Gasteiger partial charge on any atom is 0.220 e. The highest BCUT2D eigenvalue weighted by Gasteiger charge is 2.44. The fraction of sp³-hybridized carbons (Fsp3) is 0.889. The summed E-state index contributed by atoms with van der Waals surface area (Å²) in [5, 5.41) is 54.0. The number of carbonyl (C=O) groups is 1. The third-order valence-corrected chi connectivity index (χ3v) is 10.8.